The molecular weight excluding hydrogens is 358 g/mol. The molecule has 0 heterocycles. The molecular formula is C17H24BrN3O2. The summed E-state index contributed by atoms with van der Waals surface area (Å²) < 4.78 is 1.02. The molecule has 5 nitrogen and oxygen atoms in total. The van der Waals surface area contributed by atoms with Gasteiger partial charge in [-0.2, -0.15) is 0 Å². The van der Waals surface area contributed by atoms with Crippen molar-refractivity contribution in [3.05, 3.63) is 34.3 Å². The highest BCUT2D eigenvalue weighted by atomic mass is 79.9. The first-order valence-corrected chi connectivity index (χ1v) is 8.96. The van der Waals surface area contributed by atoms with E-state index in [1.54, 1.807) is 0 Å². The van der Waals surface area contributed by atoms with Gasteiger partial charge in [0.1, 0.15) is 0 Å². The maximum Gasteiger partial charge on any atom is 0.315 e. The largest absolute Gasteiger partial charge is 0.355 e. The Morgan fingerprint density at radius 2 is 1.91 bits per heavy atom. The molecule has 0 bridgehead atoms. The van der Waals surface area contributed by atoms with E-state index in [0.29, 0.717) is 12.5 Å². The Hall–Kier alpha value is -1.56. The first-order valence-electron chi connectivity index (χ1n) is 8.16. The van der Waals surface area contributed by atoms with Crippen LogP contribution in [0.5, 0.6) is 0 Å². The van der Waals surface area contributed by atoms with Gasteiger partial charge in [-0.05, 0) is 42.9 Å². The van der Waals surface area contributed by atoms with E-state index in [0.717, 1.165) is 29.3 Å². The van der Waals surface area contributed by atoms with Crippen LogP contribution < -0.4 is 16.0 Å². The Morgan fingerprint density at radius 1 is 1.22 bits per heavy atom. The molecule has 1 aliphatic carbocycles. The minimum absolute atomic E-state index is 0.00353. The zero-order valence-electron chi connectivity index (χ0n) is 13.4. The fourth-order valence-electron chi connectivity index (χ4n) is 2.60. The Bertz CT molecular complexity index is 529. The zero-order chi connectivity index (χ0) is 16.7. The molecule has 0 aromatic heterocycles. The van der Waals surface area contributed by atoms with Crippen LogP contribution in [-0.2, 0) is 4.79 Å². The average molecular weight is 382 g/mol. The van der Waals surface area contributed by atoms with Crippen molar-refractivity contribution in [1.29, 1.82) is 0 Å². The number of rotatable bonds is 7. The van der Waals surface area contributed by atoms with Crippen LogP contribution in [0.4, 0.5) is 4.79 Å². The van der Waals surface area contributed by atoms with Crippen molar-refractivity contribution in [3.8, 4) is 0 Å². The van der Waals surface area contributed by atoms with Crippen LogP contribution in [-0.4, -0.2) is 25.0 Å². The average Bonchev–Trinajstić information content (AvgIpc) is 2.49. The molecule has 1 aliphatic rings. The van der Waals surface area contributed by atoms with Crippen LogP contribution in [0.3, 0.4) is 0 Å². The van der Waals surface area contributed by atoms with Crippen LogP contribution in [0.15, 0.2) is 28.7 Å². The van der Waals surface area contributed by atoms with Gasteiger partial charge in [-0.15, -0.1) is 0 Å². The van der Waals surface area contributed by atoms with Crippen molar-refractivity contribution in [2.75, 3.05) is 13.1 Å². The summed E-state index contributed by atoms with van der Waals surface area (Å²) in [6.45, 7) is 2.62. The smallest absolute Gasteiger partial charge is 0.315 e. The van der Waals surface area contributed by atoms with Crippen molar-refractivity contribution in [2.24, 2.45) is 5.92 Å². The zero-order valence-corrected chi connectivity index (χ0v) is 15.0. The van der Waals surface area contributed by atoms with Crippen LogP contribution in [0.1, 0.15) is 44.2 Å². The number of nitrogens with one attached hydrogen (secondary N) is 3. The molecule has 0 spiro atoms. The summed E-state index contributed by atoms with van der Waals surface area (Å²) in [5.74, 6) is 0.307. The van der Waals surface area contributed by atoms with E-state index < -0.39 is 0 Å². The number of amides is 3. The predicted octanol–water partition coefficient (Wildman–Crippen LogP) is 3.12. The van der Waals surface area contributed by atoms with Gasteiger partial charge in [0.25, 0.3) is 0 Å². The molecule has 2 rings (SSSR count). The molecule has 1 fully saturated rings. The van der Waals surface area contributed by atoms with E-state index in [9.17, 15) is 9.59 Å². The SMILES string of the molecule is CCCNC(=O)CNC(=O)NC(c1ccc(Br)cc1)C1CCC1. The summed E-state index contributed by atoms with van der Waals surface area (Å²) >= 11 is 3.43. The third-order valence-electron chi connectivity index (χ3n) is 4.12. The molecule has 0 saturated heterocycles. The summed E-state index contributed by atoms with van der Waals surface area (Å²) in [7, 11) is 0. The van der Waals surface area contributed by atoms with Gasteiger partial charge in [0.15, 0.2) is 0 Å². The Kier molecular flexibility index (Phi) is 6.89. The van der Waals surface area contributed by atoms with Gasteiger partial charge in [-0.3, -0.25) is 4.79 Å². The predicted molar refractivity (Wildman–Crippen MR) is 94.1 cm³/mol. The third kappa shape index (κ3) is 5.53. The summed E-state index contributed by atoms with van der Waals surface area (Å²) in [5.41, 5.74) is 1.10. The van der Waals surface area contributed by atoms with E-state index in [2.05, 4.69) is 31.9 Å². The van der Waals surface area contributed by atoms with Crippen LogP contribution in [0, 0.1) is 5.92 Å². The van der Waals surface area contributed by atoms with Crippen LogP contribution >= 0.6 is 15.9 Å². The maximum atomic E-state index is 12.1. The first-order chi connectivity index (χ1) is 11.1. The van der Waals surface area contributed by atoms with E-state index in [1.165, 1.54) is 6.42 Å². The number of hydrogen-bond donors (Lipinski definition) is 3. The lowest BCUT2D eigenvalue weighted by Crippen LogP contribution is -2.45. The second kappa shape index (κ2) is 8.91. The molecule has 3 N–H and O–H groups in total. The van der Waals surface area contributed by atoms with Crippen LogP contribution in [0.25, 0.3) is 0 Å². The summed E-state index contributed by atoms with van der Waals surface area (Å²) in [6.07, 6.45) is 4.33. The third-order valence-corrected chi connectivity index (χ3v) is 4.65. The highest BCUT2D eigenvalue weighted by Gasteiger charge is 2.29. The normalized spacial score (nSPS) is 15.4. The minimum Gasteiger partial charge on any atom is -0.355 e. The molecule has 6 heteroatoms. The molecule has 3 amide bonds. The Balaban J connectivity index is 1.89. The topological polar surface area (TPSA) is 70.2 Å². The number of halogens is 1. The molecule has 1 aromatic rings. The number of carbonyl (C=O) groups is 2. The molecule has 1 atom stereocenters. The Morgan fingerprint density at radius 3 is 2.48 bits per heavy atom. The monoisotopic (exact) mass is 381 g/mol. The van der Waals surface area contributed by atoms with E-state index in [4.69, 9.17) is 0 Å². The molecule has 1 aromatic carbocycles. The van der Waals surface area contributed by atoms with Crippen molar-refractivity contribution in [3.63, 3.8) is 0 Å². The highest BCUT2D eigenvalue weighted by molar-refractivity contribution is 9.10. The summed E-state index contributed by atoms with van der Waals surface area (Å²) in [6, 6.07) is 7.73. The van der Waals surface area contributed by atoms with Crippen molar-refractivity contribution < 1.29 is 9.59 Å². The fourth-order valence-corrected chi connectivity index (χ4v) is 2.86. The van der Waals surface area contributed by atoms with E-state index in [-0.39, 0.29) is 24.5 Å². The fraction of sp³-hybridized carbons (Fsp3) is 0.529. The molecule has 126 valence electrons. The lowest BCUT2D eigenvalue weighted by molar-refractivity contribution is -0.120. The van der Waals surface area contributed by atoms with Crippen LogP contribution in [0.2, 0.25) is 0 Å². The molecule has 0 aliphatic heterocycles. The first kappa shape index (κ1) is 17.8. The van der Waals surface area contributed by atoms with Gasteiger partial charge >= 0.3 is 6.03 Å². The second-order valence-electron chi connectivity index (χ2n) is 5.90. The number of urea groups is 1. The molecule has 1 unspecified atom stereocenters. The lowest BCUT2D eigenvalue weighted by Gasteiger charge is -2.34. The van der Waals surface area contributed by atoms with E-state index >= 15 is 0 Å². The Labute approximate surface area is 145 Å². The van der Waals surface area contributed by atoms with Crippen molar-refractivity contribution in [2.45, 2.75) is 38.6 Å². The van der Waals surface area contributed by atoms with Gasteiger partial charge in [-0.25, -0.2) is 4.79 Å². The van der Waals surface area contributed by atoms with Gasteiger partial charge in [0, 0.05) is 11.0 Å². The molecule has 0 radical (unpaired) electrons. The van der Waals surface area contributed by atoms with Crippen molar-refractivity contribution >= 4 is 27.9 Å². The van der Waals surface area contributed by atoms with Gasteiger partial charge in [-0.1, -0.05) is 41.4 Å². The summed E-state index contributed by atoms with van der Waals surface area (Å²) in [4.78, 5) is 23.6. The molecule has 1 saturated carbocycles. The quantitative estimate of drug-likeness (QED) is 0.678. The lowest BCUT2D eigenvalue weighted by atomic mass is 9.77. The molecule has 23 heavy (non-hydrogen) atoms. The highest BCUT2D eigenvalue weighted by Crippen LogP contribution is 2.37. The number of carbonyl (C=O) groups excluding carboxylic acids is 2. The van der Waals surface area contributed by atoms with E-state index in [1.807, 2.05) is 31.2 Å². The maximum absolute atomic E-state index is 12.1. The minimum atomic E-state index is -0.295. The van der Waals surface area contributed by atoms with Gasteiger partial charge in [0.2, 0.25) is 5.91 Å². The summed E-state index contributed by atoms with van der Waals surface area (Å²) in [5, 5.41) is 8.39. The number of hydrogen-bond acceptors (Lipinski definition) is 2. The van der Waals surface area contributed by atoms with Gasteiger partial charge < -0.3 is 16.0 Å². The van der Waals surface area contributed by atoms with Crippen molar-refractivity contribution in [1.82, 2.24) is 16.0 Å². The second-order valence-corrected chi connectivity index (χ2v) is 6.81. The standard InChI is InChI=1S/C17H24BrN3O2/c1-2-10-19-15(22)11-20-17(23)21-16(12-4-3-5-12)13-6-8-14(18)9-7-13/h6-9,12,16H,2-5,10-11H2,1H3,(H,19,22)(H2,20,21,23). The van der Waals surface area contributed by atoms with Gasteiger partial charge in [0.05, 0.1) is 12.6 Å². The number of benzene rings is 1.